The van der Waals surface area contributed by atoms with Gasteiger partial charge in [-0.1, -0.05) is 45.2 Å². The first-order valence-electron chi connectivity index (χ1n) is 5.74. The van der Waals surface area contributed by atoms with Crippen molar-refractivity contribution in [3.8, 4) is 0 Å². The molecule has 7 heteroatoms. The van der Waals surface area contributed by atoms with Crippen molar-refractivity contribution in [1.29, 1.82) is 0 Å². The highest BCUT2D eigenvalue weighted by Crippen LogP contribution is 2.29. The molecule has 0 unspecified atom stereocenters. The van der Waals surface area contributed by atoms with Gasteiger partial charge < -0.3 is 10.5 Å². The fourth-order valence-electron chi connectivity index (χ4n) is 1.62. The van der Waals surface area contributed by atoms with Crippen molar-refractivity contribution >= 4 is 50.8 Å². The van der Waals surface area contributed by atoms with Crippen LogP contribution in [-0.4, -0.2) is 5.97 Å². The number of halogens is 4. The van der Waals surface area contributed by atoms with Gasteiger partial charge in [-0.15, -0.1) is 0 Å². The Hall–Kier alpha value is -1.30. The van der Waals surface area contributed by atoms with E-state index in [0.29, 0.717) is 4.47 Å². The molecule has 2 aromatic carbocycles. The Labute approximate surface area is 138 Å². The third-order valence-corrected chi connectivity index (χ3v) is 3.94. The van der Waals surface area contributed by atoms with Crippen LogP contribution < -0.4 is 5.73 Å². The topological polar surface area (TPSA) is 52.3 Å². The monoisotopic (exact) mass is 391 g/mol. The number of carbonyl (C=O) groups excluding carboxylic acids is 1. The molecule has 0 saturated heterocycles. The second kappa shape index (κ2) is 6.64. The number of benzene rings is 2. The van der Waals surface area contributed by atoms with Crippen LogP contribution in [0, 0.1) is 5.82 Å². The zero-order valence-electron chi connectivity index (χ0n) is 10.5. The Bertz CT molecular complexity index is 710. The van der Waals surface area contributed by atoms with E-state index in [4.69, 9.17) is 33.7 Å². The zero-order chi connectivity index (χ0) is 15.6. The molecular formula is C14H9BrCl2FNO2. The van der Waals surface area contributed by atoms with Crippen molar-refractivity contribution in [3.05, 3.63) is 61.8 Å². The van der Waals surface area contributed by atoms with Gasteiger partial charge in [-0.3, -0.25) is 0 Å². The fraction of sp³-hybridized carbons (Fsp3) is 0.0714. The summed E-state index contributed by atoms with van der Waals surface area (Å²) >= 11 is 14.9. The molecule has 110 valence electrons. The van der Waals surface area contributed by atoms with Crippen molar-refractivity contribution in [1.82, 2.24) is 0 Å². The Balaban J connectivity index is 2.15. The van der Waals surface area contributed by atoms with Crippen LogP contribution in [0.3, 0.4) is 0 Å². The molecule has 0 saturated carbocycles. The van der Waals surface area contributed by atoms with Crippen LogP contribution in [0.15, 0.2) is 34.8 Å². The van der Waals surface area contributed by atoms with E-state index in [1.54, 1.807) is 6.07 Å². The maximum Gasteiger partial charge on any atom is 0.340 e. The fourth-order valence-corrected chi connectivity index (χ4v) is 2.37. The first kappa shape index (κ1) is 16.1. The molecular weight excluding hydrogens is 384 g/mol. The van der Waals surface area contributed by atoms with E-state index >= 15 is 0 Å². The molecule has 0 spiro atoms. The van der Waals surface area contributed by atoms with Gasteiger partial charge in [0.25, 0.3) is 0 Å². The Morgan fingerprint density at radius 1 is 1.29 bits per heavy atom. The van der Waals surface area contributed by atoms with E-state index in [9.17, 15) is 9.18 Å². The minimum absolute atomic E-state index is 0.0409. The summed E-state index contributed by atoms with van der Waals surface area (Å²) in [6.45, 7) is -0.222. The van der Waals surface area contributed by atoms with Crippen molar-refractivity contribution in [3.63, 3.8) is 0 Å². The highest BCUT2D eigenvalue weighted by atomic mass is 79.9. The molecule has 0 aliphatic heterocycles. The summed E-state index contributed by atoms with van der Waals surface area (Å²) in [5, 5.41) is 0.200. The molecule has 0 aromatic heterocycles. The molecule has 0 aliphatic carbocycles. The lowest BCUT2D eigenvalue weighted by atomic mass is 10.2. The van der Waals surface area contributed by atoms with Crippen LogP contribution in [0.4, 0.5) is 10.1 Å². The SMILES string of the molecule is Nc1cc(Cl)c(Cl)c(C(=O)OCc2ccc(Br)cc2F)c1. The van der Waals surface area contributed by atoms with Gasteiger partial charge in [0.15, 0.2) is 0 Å². The standard InChI is InChI=1S/C14H9BrCl2FNO2/c15-8-2-1-7(12(18)3-8)6-21-14(20)10-4-9(19)5-11(16)13(10)17/h1-5H,6,19H2. The lowest BCUT2D eigenvalue weighted by Gasteiger charge is -2.09. The van der Waals surface area contributed by atoms with Gasteiger partial charge in [0, 0.05) is 15.7 Å². The van der Waals surface area contributed by atoms with E-state index < -0.39 is 11.8 Å². The molecule has 0 aliphatic rings. The maximum atomic E-state index is 13.6. The number of nitrogens with two attached hydrogens (primary N) is 1. The molecule has 0 heterocycles. The van der Waals surface area contributed by atoms with Gasteiger partial charge in [-0.05, 0) is 24.3 Å². The second-order valence-electron chi connectivity index (χ2n) is 4.18. The molecule has 0 fully saturated rings. The first-order valence-corrected chi connectivity index (χ1v) is 7.29. The van der Waals surface area contributed by atoms with E-state index in [0.717, 1.165) is 0 Å². The van der Waals surface area contributed by atoms with Gasteiger partial charge in [0.05, 0.1) is 15.6 Å². The van der Waals surface area contributed by atoms with E-state index in [-0.39, 0.29) is 33.5 Å². The Morgan fingerprint density at radius 3 is 2.67 bits per heavy atom. The number of anilines is 1. The van der Waals surface area contributed by atoms with Crippen LogP contribution in [-0.2, 0) is 11.3 Å². The largest absolute Gasteiger partial charge is 0.457 e. The average Bonchev–Trinajstić information content (AvgIpc) is 2.41. The molecule has 2 N–H and O–H groups in total. The normalized spacial score (nSPS) is 10.5. The Kier molecular flexibility index (Phi) is 5.08. The average molecular weight is 393 g/mol. The molecule has 0 atom stereocenters. The molecule has 21 heavy (non-hydrogen) atoms. The van der Waals surface area contributed by atoms with Crippen molar-refractivity contribution in [2.45, 2.75) is 6.61 Å². The number of rotatable bonds is 3. The minimum atomic E-state index is -0.725. The quantitative estimate of drug-likeness (QED) is 0.600. The zero-order valence-corrected chi connectivity index (χ0v) is 13.6. The third-order valence-electron chi connectivity index (χ3n) is 2.64. The van der Waals surface area contributed by atoms with Crippen molar-refractivity contribution in [2.75, 3.05) is 5.73 Å². The number of hydrogen-bond donors (Lipinski definition) is 1. The van der Waals surface area contributed by atoms with Gasteiger partial charge >= 0.3 is 5.97 Å². The summed E-state index contributed by atoms with van der Waals surface area (Å²) in [7, 11) is 0. The maximum absolute atomic E-state index is 13.6. The van der Waals surface area contributed by atoms with Crippen LogP contribution in [0.1, 0.15) is 15.9 Å². The molecule has 3 nitrogen and oxygen atoms in total. The number of esters is 1. The second-order valence-corrected chi connectivity index (χ2v) is 5.88. The predicted molar refractivity (Wildman–Crippen MR) is 84.1 cm³/mol. The predicted octanol–water partition coefficient (Wildman–Crippen LogP) is 4.83. The lowest BCUT2D eigenvalue weighted by molar-refractivity contribution is 0.0469. The van der Waals surface area contributed by atoms with Gasteiger partial charge in [0.2, 0.25) is 0 Å². The van der Waals surface area contributed by atoms with Crippen LogP contribution in [0.25, 0.3) is 0 Å². The van der Waals surface area contributed by atoms with Crippen LogP contribution in [0.2, 0.25) is 10.0 Å². The van der Waals surface area contributed by atoms with Crippen LogP contribution in [0.5, 0.6) is 0 Å². The third kappa shape index (κ3) is 3.87. The molecule has 0 radical (unpaired) electrons. The molecule has 0 bridgehead atoms. The number of nitrogen functional groups attached to an aromatic ring is 1. The smallest absolute Gasteiger partial charge is 0.340 e. The van der Waals surface area contributed by atoms with E-state index in [2.05, 4.69) is 15.9 Å². The summed E-state index contributed by atoms with van der Waals surface area (Å²) in [4.78, 5) is 12.0. The first-order chi connectivity index (χ1) is 9.88. The van der Waals surface area contributed by atoms with Crippen LogP contribution >= 0.6 is 39.1 Å². The lowest BCUT2D eigenvalue weighted by Crippen LogP contribution is -2.08. The van der Waals surface area contributed by atoms with Crippen molar-refractivity contribution in [2.24, 2.45) is 0 Å². The summed E-state index contributed by atoms with van der Waals surface area (Å²) in [5.41, 5.74) is 6.17. The van der Waals surface area contributed by atoms with Gasteiger partial charge in [-0.25, -0.2) is 9.18 Å². The summed E-state index contributed by atoms with van der Waals surface area (Å²) in [6, 6.07) is 7.23. The summed E-state index contributed by atoms with van der Waals surface area (Å²) in [6.07, 6.45) is 0. The number of hydrogen-bond acceptors (Lipinski definition) is 3. The molecule has 0 amide bonds. The molecule has 2 rings (SSSR count). The molecule has 2 aromatic rings. The highest BCUT2D eigenvalue weighted by molar-refractivity contribution is 9.10. The number of carbonyl (C=O) groups is 1. The van der Waals surface area contributed by atoms with E-state index in [1.165, 1.54) is 24.3 Å². The van der Waals surface area contributed by atoms with Crippen molar-refractivity contribution < 1.29 is 13.9 Å². The number of ether oxygens (including phenoxy) is 1. The van der Waals surface area contributed by atoms with Gasteiger partial charge in [0.1, 0.15) is 12.4 Å². The Morgan fingerprint density at radius 2 is 2.00 bits per heavy atom. The minimum Gasteiger partial charge on any atom is -0.457 e. The summed E-state index contributed by atoms with van der Waals surface area (Å²) in [5.74, 6) is -1.20. The van der Waals surface area contributed by atoms with E-state index in [1.807, 2.05) is 0 Å². The van der Waals surface area contributed by atoms with Gasteiger partial charge in [-0.2, -0.15) is 0 Å². The summed E-state index contributed by atoms with van der Waals surface area (Å²) < 4.78 is 19.3. The highest BCUT2D eigenvalue weighted by Gasteiger charge is 2.16.